The molecule has 0 saturated carbocycles. The summed E-state index contributed by atoms with van der Waals surface area (Å²) < 4.78 is 12.9. The number of ether oxygens (including phenoxy) is 2. The van der Waals surface area contributed by atoms with E-state index in [9.17, 15) is 0 Å². The standard InChI is InChI=1S/C27H25NO2/c1-21-19-25(30-26(21)17-18-28)20-29-27(22-11-5-2-6-12-22,23-13-7-3-8-14-23)24-15-9-4-10-16-24/h2-16,19,25-26H,17,20H2,1H3. The second-order valence-corrected chi connectivity index (χ2v) is 7.53. The van der Waals surface area contributed by atoms with E-state index in [4.69, 9.17) is 14.7 Å². The van der Waals surface area contributed by atoms with E-state index in [0.29, 0.717) is 13.0 Å². The Bertz CT molecular complexity index is 926. The molecule has 2 atom stereocenters. The highest BCUT2D eigenvalue weighted by molar-refractivity contribution is 5.47. The van der Waals surface area contributed by atoms with Gasteiger partial charge in [0.15, 0.2) is 0 Å². The summed E-state index contributed by atoms with van der Waals surface area (Å²) in [6, 6.07) is 33.1. The molecule has 30 heavy (non-hydrogen) atoms. The zero-order chi connectivity index (χ0) is 20.8. The third-order valence-corrected chi connectivity index (χ3v) is 5.58. The Balaban J connectivity index is 1.75. The van der Waals surface area contributed by atoms with E-state index < -0.39 is 5.60 Å². The van der Waals surface area contributed by atoms with E-state index in [-0.39, 0.29) is 12.2 Å². The number of nitriles is 1. The van der Waals surface area contributed by atoms with Gasteiger partial charge in [0.05, 0.1) is 25.2 Å². The van der Waals surface area contributed by atoms with Crippen LogP contribution in [0.25, 0.3) is 0 Å². The van der Waals surface area contributed by atoms with Crippen LogP contribution in [0, 0.1) is 11.3 Å². The molecule has 0 amide bonds. The SMILES string of the molecule is CC1=CC(COC(c2ccccc2)(c2ccccc2)c2ccccc2)OC1CC#N. The maximum Gasteiger partial charge on any atom is 0.143 e. The van der Waals surface area contributed by atoms with Gasteiger partial charge >= 0.3 is 0 Å². The van der Waals surface area contributed by atoms with Gasteiger partial charge in [-0.3, -0.25) is 0 Å². The monoisotopic (exact) mass is 395 g/mol. The molecule has 3 aromatic rings. The molecule has 0 aromatic heterocycles. The van der Waals surface area contributed by atoms with Crippen molar-refractivity contribution in [1.82, 2.24) is 0 Å². The first-order valence-corrected chi connectivity index (χ1v) is 10.3. The summed E-state index contributed by atoms with van der Waals surface area (Å²) in [6.45, 7) is 2.40. The summed E-state index contributed by atoms with van der Waals surface area (Å²) in [5.41, 5.74) is 3.52. The molecular formula is C27H25NO2. The Labute approximate surface area is 178 Å². The molecule has 2 unspecified atom stereocenters. The third-order valence-electron chi connectivity index (χ3n) is 5.58. The van der Waals surface area contributed by atoms with Crippen molar-refractivity contribution in [3.05, 3.63) is 119 Å². The van der Waals surface area contributed by atoms with Crippen LogP contribution >= 0.6 is 0 Å². The molecule has 3 heteroatoms. The van der Waals surface area contributed by atoms with E-state index in [1.165, 1.54) is 0 Å². The second kappa shape index (κ2) is 9.09. The van der Waals surface area contributed by atoms with Gasteiger partial charge in [-0.2, -0.15) is 5.26 Å². The second-order valence-electron chi connectivity index (χ2n) is 7.53. The fraction of sp³-hybridized carbons (Fsp3) is 0.222. The van der Waals surface area contributed by atoms with Gasteiger partial charge in [-0.25, -0.2) is 0 Å². The Morgan fingerprint density at radius 2 is 1.30 bits per heavy atom. The van der Waals surface area contributed by atoms with Gasteiger partial charge in [0.1, 0.15) is 11.7 Å². The Kier molecular flexibility index (Phi) is 6.09. The van der Waals surface area contributed by atoms with E-state index in [1.807, 2.05) is 61.5 Å². The van der Waals surface area contributed by atoms with Gasteiger partial charge in [-0.15, -0.1) is 0 Å². The van der Waals surface area contributed by atoms with Crippen LogP contribution in [-0.2, 0) is 15.1 Å². The van der Waals surface area contributed by atoms with Crippen molar-refractivity contribution in [3.63, 3.8) is 0 Å². The highest BCUT2D eigenvalue weighted by Gasteiger charge is 2.38. The van der Waals surface area contributed by atoms with E-state index in [0.717, 1.165) is 22.3 Å². The van der Waals surface area contributed by atoms with Crippen LogP contribution in [0.1, 0.15) is 30.0 Å². The van der Waals surface area contributed by atoms with E-state index >= 15 is 0 Å². The molecule has 0 spiro atoms. The lowest BCUT2D eigenvalue weighted by molar-refractivity contribution is -0.0535. The van der Waals surface area contributed by atoms with Crippen molar-refractivity contribution in [2.75, 3.05) is 6.61 Å². The third kappa shape index (κ3) is 3.93. The van der Waals surface area contributed by atoms with Crippen LogP contribution in [-0.4, -0.2) is 18.8 Å². The number of hydrogen-bond acceptors (Lipinski definition) is 3. The van der Waals surface area contributed by atoms with E-state index in [1.54, 1.807) is 0 Å². The molecule has 150 valence electrons. The summed E-state index contributed by atoms with van der Waals surface area (Å²) in [4.78, 5) is 0. The minimum absolute atomic E-state index is 0.150. The molecule has 0 bridgehead atoms. The molecule has 0 saturated heterocycles. The summed E-state index contributed by atoms with van der Waals surface area (Å²) in [7, 11) is 0. The van der Waals surface area contributed by atoms with Gasteiger partial charge in [0, 0.05) is 0 Å². The van der Waals surface area contributed by atoms with Gasteiger partial charge in [0.2, 0.25) is 0 Å². The number of nitrogens with zero attached hydrogens (tertiary/aromatic N) is 1. The first-order valence-electron chi connectivity index (χ1n) is 10.3. The van der Waals surface area contributed by atoms with Crippen LogP contribution in [0.3, 0.4) is 0 Å². The maximum atomic E-state index is 9.05. The summed E-state index contributed by atoms with van der Waals surface area (Å²) >= 11 is 0. The highest BCUT2D eigenvalue weighted by Crippen LogP contribution is 2.41. The van der Waals surface area contributed by atoms with E-state index in [2.05, 4.69) is 48.5 Å². The molecule has 3 nitrogen and oxygen atoms in total. The normalized spacial score (nSPS) is 18.6. The predicted octanol–water partition coefficient (Wildman–Crippen LogP) is 5.62. The zero-order valence-electron chi connectivity index (χ0n) is 17.1. The average molecular weight is 396 g/mol. The van der Waals surface area contributed by atoms with Crippen LogP contribution in [0.5, 0.6) is 0 Å². The van der Waals surface area contributed by atoms with Crippen LogP contribution in [0.4, 0.5) is 0 Å². The predicted molar refractivity (Wildman–Crippen MR) is 118 cm³/mol. The topological polar surface area (TPSA) is 42.2 Å². The molecule has 1 aliphatic heterocycles. The summed E-state index contributed by atoms with van der Waals surface area (Å²) in [5, 5.41) is 9.05. The Morgan fingerprint density at radius 1 is 0.833 bits per heavy atom. The molecule has 0 radical (unpaired) electrons. The van der Waals surface area contributed by atoms with Gasteiger partial charge < -0.3 is 9.47 Å². The minimum Gasteiger partial charge on any atom is -0.363 e. The minimum atomic E-state index is -0.762. The van der Waals surface area contributed by atoms with Crippen molar-refractivity contribution in [1.29, 1.82) is 5.26 Å². The van der Waals surface area contributed by atoms with Gasteiger partial charge in [-0.1, -0.05) is 97.1 Å². The largest absolute Gasteiger partial charge is 0.363 e. The lowest BCUT2D eigenvalue weighted by Crippen LogP contribution is -2.35. The molecular weight excluding hydrogens is 370 g/mol. The van der Waals surface area contributed by atoms with Crippen molar-refractivity contribution in [3.8, 4) is 6.07 Å². The number of hydrogen-bond donors (Lipinski definition) is 0. The van der Waals surface area contributed by atoms with Crippen LogP contribution in [0.2, 0.25) is 0 Å². The lowest BCUT2D eigenvalue weighted by Gasteiger charge is -2.36. The molecule has 3 aromatic carbocycles. The first kappa shape index (κ1) is 20.1. The van der Waals surface area contributed by atoms with Crippen LogP contribution < -0.4 is 0 Å². The number of rotatable bonds is 7. The summed E-state index contributed by atoms with van der Waals surface area (Å²) in [6.07, 6.45) is 2.11. The van der Waals surface area contributed by atoms with Crippen LogP contribution in [0.15, 0.2) is 103 Å². The molecule has 0 aliphatic carbocycles. The Hall–Kier alpha value is -3.19. The van der Waals surface area contributed by atoms with Crippen molar-refractivity contribution < 1.29 is 9.47 Å². The number of benzene rings is 3. The smallest absolute Gasteiger partial charge is 0.143 e. The quantitative estimate of drug-likeness (QED) is 0.385. The highest BCUT2D eigenvalue weighted by atomic mass is 16.6. The zero-order valence-corrected chi connectivity index (χ0v) is 17.1. The fourth-order valence-corrected chi connectivity index (χ4v) is 4.11. The molecule has 4 rings (SSSR count). The maximum absolute atomic E-state index is 9.05. The molecule has 0 fully saturated rings. The average Bonchev–Trinajstić information content (AvgIpc) is 3.16. The fourth-order valence-electron chi connectivity index (χ4n) is 4.11. The first-order chi connectivity index (χ1) is 14.7. The van der Waals surface area contributed by atoms with Crippen molar-refractivity contribution in [2.45, 2.75) is 31.2 Å². The lowest BCUT2D eigenvalue weighted by atomic mass is 9.80. The van der Waals surface area contributed by atoms with Crippen molar-refractivity contribution >= 4 is 0 Å². The molecule has 0 N–H and O–H groups in total. The molecule has 1 heterocycles. The van der Waals surface area contributed by atoms with Gasteiger partial charge in [-0.05, 0) is 29.2 Å². The molecule has 1 aliphatic rings. The van der Waals surface area contributed by atoms with Crippen molar-refractivity contribution in [2.24, 2.45) is 0 Å². The van der Waals surface area contributed by atoms with Gasteiger partial charge in [0.25, 0.3) is 0 Å². The summed E-state index contributed by atoms with van der Waals surface area (Å²) in [5.74, 6) is 0. The Morgan fingerprint density at radius 3 is 1.73 bits per heavy atom.